The number of esters is 3. The largest absolute Gasteiger partial charge is 0.507 e. The molecule has 1 aromatic heterocycles. The van der Waals surface area contributed by atoms with Crippen LogP contribution in [0.1, 0.15) is 47.1 Å². The van der Waals surface area contributed by atoms with Crippen molar-refractivity contribution in [2.24, 2.45) is 0 Å². The Morgan fingerprint density at radius 1 is 0.721 bits per heavy atom. The first-order valence-electron chi connectivity index (χ1n) is 21.4. The molecule has 0 spiro atoms. The van der Waals surface area contributed by atoms with Crippen LogP contribution in [0.4, 0.5) is 0 Å². The van der Waals surface area contributed by atoms with Crippen molar-refractivity contribution in [3.05, 3.63) is 57.8 Å². The number of methoxy groups -OCH3 is 1. The molecular formula is C45H56O23. The third-order valence-corrected chi connectivity index (χ3v) is 11.3. The van der Waals surface area contributed by atoms with E-state index in [1.54, 1.807) is 19.9 Å². The second-order valence-corrected chi connectivity index (χ2v) is 16.6. The topological polar surface area (TPSA) is 336 Å². The fraction of sp³-hybridized carbons (Fsp3) is 0.556. The summed E-state index contributed by atoms with van der Waals surface area (Å²) < 4.78 is 63.2. The molecule has 6 rings (SSSR count). The lowest BCUT2D eigenvalue weighted by molar-refractivity contribution is -0.351. The number of phenolic OH excluding ortho intramolecular Hbond substituents is 1. The predicted octanol–water partition coefficient (Wildman–Crippen LogP) is -0.395. The average molecular weight is 965 g/mol. The zero-order valence-corrected chi connectivity index (χ0v) is 37.9. The van der Waals surface area contributed by atoms with Crippen molar-refractivity contribution in [2.45, 2.75) is 140 Å². The highest BCUT2D eigenvalue weighted by atomic mass is 16.8. The summed E-state index contributed by atoms with van der Waals surface area (Å²) in [4.78, 5) is 50.9. The molecule has 23 heteroatoms. The van der Waals surface area contributed by atoms with Gasteiger partial charge in [-0.25, -0.2) is 0 Å². The van der Waals surface area contributed by atoms with Crippen LogP contribution in [-0.2, 0) is 54.0 Å². The first kappa shape index (κ1) is 51.9. The number of allylic oxidation sites excluding steroid dienone is 2. The number of fused-ring (bicyclic) bond motifs is 1. The second kappa shape index (κ2) is 21.9. The fourth-order valence-corrected chi connectivity index (χ4v) is 7.85. The standard InChI is InChI=1S/C45H56O23/c1-17(2)8-13-24-26(63-43-34(55)32(53)30(51)27(15-46)64-43)14-25(50)29-31(52)41(38(66-39(24)29)22-9-11-23(58-7)12-10-22)67-45-36(57)42(37(18(3)60-45)61-20(5)48)68-44-35(56)33(54)40(62-21(6)49)28(65-44)16-59-19(4)47/h8-12,14,18,27-28,30,32-37,40,42-46,50-51,53-57H,13,15-16H2,1-7H3/t18-,27-,28-,30-,32+,33-,34-,35-,36-,37+,40-,42+,43-,44+,45+/m1/s1. The summed E-state index contributed by atoms with van der Waals surface area (Å²) >= 11 is 0. The molecule has 3 aliphatic heterocycles. The van der Waals surface area contributed by atoms with Gasteiger partial charge in [-0.15, -0.1) is 0 Å². The van der Waals surface area contributed by atoms with Crippen LogP contribution in [0.5, 0.6) is 23.0 Å². The first-order chi connectivity index (χ1) is 32.1. The minimum Gasteiger partial charge on any atom is -0.507 e. The monoisotopic (exact) mass is 964 g/mol. The summed E-state index contributed by atoms with van der Waals surface area (Å²) in [5, 5.41) is 86.9. The van der Waals surface area contributed by atoms with E-state index in [0.29, 0.717) is 5.75 Å². The number of ether oxygens (including phenoxy) is 10. The Kier molecular flexibility index (Phi) is 16.7. The van der Waals surface area contributed by atoms with Crippen molar-refractivity contribution in [2.75, 3.05) is 20.3 Å². The van der Waals surface area contributed by atoms with E-state index in [-0.39, 0.29) is 34.6 Å². The summed E-state index contributed by atoms with van der Waals surface area (Å²) in [7, 11) is 1.43. The summed E-state index contributed by atoms with van der Waals surface area (Å²) in [5.41, 5.74) is -0.170. The quantitative estimate of drug-likeness (QED) is 0.0546. The van der Waals surface area contributed by atoms with Gasteiger partial charge in [0.1, 0.15) is 89.8 Å². The van der Waals surface area contributed by atoms with Crippen LogP contribution < -0.4 is 19.6 Å². The van der Waals surface area contributed by atoms with Crippen molar-refractivity contribution >= 4 is 28.9 Å². The molecule has 15 atom stereocenters. The van der Waals surface area contributed by atoms with Crippen LogP contribution in [0.3, 0.4) is 0 Å². The maximum Gasteiger partial charge on any atom is 0.303 e. The Morgan fingerprint density at radius 2 is 1.34 bits per heavy atom. The highest BCUT2D eigenvalue weighted by Crippen LogP contribution is 2.42. The van der Waals surface area contributed by atoms with Crippen molar-refractivity contribution in [1.29, 1.82) is 0 Å². The lowest BCUT2D eigenvalue weighted by Crippen LogP contribution is -2.65. The van der Waals surface area contributed by atoms with Crippen LogP contribution in [-0.4, -0.2) is 171 Å². The zero-order valence-electron chi connectivity index (χ0n) is 37.9. The van der Waals surface area contributed by atoms with Gasteiger partial charge in [0.15, 0.2) is 24.3 Å². The number of hydrogen-bond acceptors (Lipinski definition) is 23. The molecule has 4 heterocycles. The molecule has 0 aliphatic carbocycles. The smallest absolute Gasteiger partial charge is 0.303 e. The molecule has 0 radical (unpaired) electrons. The van der Waals surface area contributed by atoms with E-state index in [2.05, 4.69) is 0 Å². The van der Waals surface area contributed by atoms with E-state index in [4.69, 9.17) is 51.8 Å². The molecule has 8 N–H and O–H groups in total. The maximum atomic E-state index is 14.9. The molecule has 3 aromatic rings. The van der Waals surface area contributed by atoms with Gasteiger partial charge in [0, 0.05) is 38.0 Å². The van der Waals surface area contributed by atoms with Gasteiger partial charge in [0.25, 0.3) is 0 Å². The lowest BCUT2D eigenvalue weighted by Gasteiger charge is -2.46. The average Bonchev–Trinajstić information content (AvgIpc) is 3.28. The molecular weight excluding hydrogens is 908 g/mol. The second-order valence-electron chi connectivity index (χ2n) is 16.6. The van der Waals surface area contributed by atoms with Crippen LogP contribution >= 0.6 is 0 Å². The third-order valence-electron chi connectivity index (χ3n) is 11.3. The molecule has 23 nitrogen and oxygen atoms in total. The molecule has 3 saturated heterocycles. The van der Waals surface area contributed by atoms with E-state index in [1.807, 2.05) is 0 Å². The van der Waals surface area contributed by atoms with Crippen LogP contribution in [0.2, 0.25) is 0 Å². The van der Waals surface area contributed by atoms with Gasteiger partial charge in [-0.05, 0) is 51.5 Å². The summed E-state index contributed by atoms with van der Waals surface area (Å²) in [6.07, 6.45) is -23.9. The minimum atomic E-state index is -2.04. The molecule has 0 bridgehead atoms. The maximum absolute atomic E-state index is 14.9. The van der Waals surface area contributed by atoms with E-state index < -0.39 is 146 Å². The molecule has 3 aliphatic rings. The Bertz CT molecular complexity index is 2360. The fourth-order valence-electron chi connectivity index (χ4n) is 7.85. The van der Waals surface area contributed by atoms with E-state index in [0.717, 1.165) is 32.4 Å². The number of aromatic hydroxyl groups is 1. The van der Waals surface area contributed by atoms with Gasteiger partial charge in [-0.3, -0.25) is 19.2 Å². The molecule has 0 amide bonds. The van der Waals surface area contributed by atoms with Crippen molar-refractivity contribution in [3.63, 3.8) is 0 Å². The van der Waals surface area contributed by atoms with Crippen molar-refractivity contribution in [3.8, 4) is 34.3 Å². The third kappa shape index (κ3) is 11.2. The predicted molar refractivity (Wildman–Crippen MR) is 228 cm³/mol. The number of carbonyl (C=O) groups excluding carboxylic acids is 3. The Labute approximate surface area is 387 Å². The summed E-state index contributed by atoms with van der Waals surface area (Å²) in [6, 6.07) is 7.11. The van der Waals surface area contributed by atoms with E-state index in [9.17, 15) is 60.0 Å². The Morgan fingerprint density at radius 3 is 1.94 bits per heavy atom. The molecule has 0 unspecified atom stereocenters. The Balaban J connectivity index is 1.45. The molecule has 0 saturated carbocycles. The number of rotatable bonds is 15. The van der Waals surface area contributed by atoms with Gasteiger partial charge >= 0.3 is 17.9 Å². The van der Waals surface area contributed by atoms with Gasteiger partial charge < -0.3 is 92.6 Å². The number of benzene rings is 2. The number of phenols is 1. The van der Waals surface area contributed by atoms with Crippen molar-refractivity contribution < 1.29 is 107 Å². The van der Waals surface area contributed by atoms with Crippen LogP contribution in [0, 0.1) is 0 Å². The number of aliphatic hydroxyl groups is 7. The highest BCUT2D eigenvalue weighted by molar-refractivity contribution is 5.91. The number of carbonyl (C=O) groups is 3. The van der Waals surface area contributed by atoms with Gasteiger partial charge in [0.05, 0.1) is 19.8 Å². The molecule has 2 aromatic carbocycles. The SMILES string of the molecule is COc1ccc(-c2oc3c(CC=C(C)C)c(O[C@@H]4O[C@H](CO)[C@@H](O)[C@H](O)[C@H]4O)cc(O)c3c(=O)c2O[C@@H]2O[C@H](C)[C@H](OC(C)=O)[C@@H](O[C@@H]3O[C@H](COC(C)=O)[C@@H](OC(C)=O)[C@H](O)[C@H]3O)[C@H]2O)cc1. The van der Waals surface area contributed by atoms with Gasteiger partial charge in [-0.2, -0.15) is 0 Å². The summed E-state index contributed by atoms with van der Waals surface area (Å²) in [6.45, 7) is 6.83. The van der Waals surface area contributed by atoms with Crippen LogP contribution in [0.15, 0.2) is 51.2 Å². The molecule has 68 heavy (non-hydrogen) atoms. The Hall–Kier alpha value is -5.44. The zero-order chi connectivity index (χ0) is 49.9. The molecule has 374 valence electrons. The van der Waals surface area contributed by atoms with E-state index in [1.165, 1.54) is 38.3 Å². The highest BCUT2D eigenvalue weighted by Gasteiger charge is 2.54. The first-order valence-corrected chi connectivity index (χ1v) is 21.4. The van der Waals surface area contributed by atoms with Crippen molar-refractivity contribution in [1.82, 2.24) is 0 Å². The van der Waals surface area contributed by atoms with Crippen LogP contribution in [0.25, 0.3) is 22.3 Å². The minimum absolute atomic E-state index is 0.0251. The van der Waals surface area contributed by atoms with Gasteiger partial charge in [0.2, 0.25) is 23.8 Å². The number of aliphatic hydroxyl groups excluding tert-OH is 7. The van der Waals surface area contributed by atoms with E-state index >= 15 is 0 Å². The normalized spacial score (nSPS) is 31.6. The molecule has 3 fully saturated rings. The number of hydrogen-bond donors (Lipinski definition) is 8. The lowest BCUT2D eigenvalue weighted by atomic mass is 9.96. The summed E-state index contributed by atoms with van der Waals surface area (Å²) in [5.74, 6) is -3.95. The van der Waals surface area contributed by atoms with Gasteiger partial charge in [-0.1, -0.05) is 11.6 Å².